The Morgan fingerprint density at radius 2 is 1.39 bits per heavy atom. The van der Waals surface area contributed by atoms with Crippen LogP contribution in [-0.4, -0.2) is 13.4 Å². The molecule has 0 aliphatic heterocycles. The lowest BCUT2D eigenvalue weighted by Crippen LogP contribution is -2.18. The summed E-state index contributed by atoms with van der Waals surface area (Å²) in [5, 5.41) is 0. The van der Waals surface area contributed by atoms with Gasteiger partial charge in [-0.1, -0.05) is 60.7 Å². The van der Waals surface area contributed by atoms with Gasteiger partial charge in [-0.15, -0.1) is 0 Å². The number of hydrogen-bond acceptors (Lipinski definition) is 2. The van der Waals surface area contributed by atoms with E-state index in [0.29, 0.717) is 6.61 Å². The lowest BCUT2D eigenvalue weighted by atomic mass is 10.1. The second-order valence-electron chi connectivity index (χ2n) is 4.15. The molecule has 0 spiro atoms. The first-order chi connectivity index (χ1) is 8.88. The van der Waals surface area contributed by atoms with E-state index in [2.05, 4.69) is 24.3 Å². The normalized spacial score (nSPS) is 12.3. The zero-order chi connectivity index (χ0) is 12.6. The summed E-state index contributed by atoms with van der Waals surface area (Å²) in [7, 11) is 1.68. The molecule has 0 fully saturated rings. The summed E-state index contributed by atoms with van der Waals surface area (Å²) in [4.78, 5) is 0. The van der Waals surface area contributed by atoms with E-state index in [1.54, 1.807) is 7.11 Å². The van der Waals surface area contributed by atoms with Gasteiger partial charge in [0, 0.05) is 13.5 Å². The Kier molecular flexibility index (Phi) is 4.94. The fourth-order valence-corrected chi connectivity index (χ4v) is 1.78. The Hall–Kier alpha value is -1.64. The second kappa shape index (κ2) is 6.94. The zero-order valence-corrected chi connectivity index (χ0v) is 10.6. The minimum Gasteiger partial charge on any atom is -0.356 e. The topological polar surface area (TPSA) is 18.5 Å². The highest BCUT2D eigenvalue weighted by Crippen LogP contribution is 2.09. The van der Waals surface area contributed by atoms with Crippen LogP contribution in [0.5, 0.6) is 0 Å². The van der Waals surface area contributed by atoms with E-state index in [-0.39, 0.29) is 6.29 Å². The first-order valence-electron chi connectivity index (χ1n) is 6.11. The molecule has 2 aromatic rings. The predicted octanol–water partition coefficient (Wildman–Crippen LogP) is 3.42. The van der Waals surface area contributed by atoms with Gasteiger partial charge in [-0.2, -0.15) is 0 Å². The SMILES string of the molecule is COC(Cc1ccccc1)OCc1ccccc1. The standard InChI is InChI=1S/C16H18O2/c1-17-16(12-14-8-4-2-5-9-14)18-13-15-10-6-3-7-11-15/h2-11,16H,12-13H2,1H3. The van der Waals surface area contributed by atoms with Gasteiger partial charge in [0.05, 0.1) is 6.61 Å². The molecule has 2 heteroatoms. The molecule has 0 bridgehead atoms. The van der Waals surface area contributed by atoms with Crippen molar-refractivity contribution in [1.82, 2.24) is 0 Å². The van der Waals surface area contributed by atoms with Gasteiger partial charge in [0.2, 0.25) is 0 Å². The highest BCUT2D eigenvalue weighted by molar-refractivity contribution is 5.15. The Morgan fingerprint density at radius 3 is 1.94 bits per heavy atom. The Bertz CT molecular complexity index is 439. The highest BCUT2D eigenvalue weighted by atomic mass is 16.7. The zero-order valence-electron chi connectivity index (χ0n) is 10.6. The van der Waals surface area contributed by atoms with Crippen molar-refractivity contribution in [1.29, 1.82) is 0 Å². The van der Waals surface area contributed by atoms with Crippen LogP contribution >= 0.6 is 0 Å². The molecule has 18 heavy (non-hydrogen) atoms. The van der Waals surface area contributed by atoms with Gasteiger partial charge in [-0.3, -0.25) is 0 Å². The summed E-state index contributed by atoms with van der Waals surface area (Å²) in [5.74, 6) is 0. The van der Waals surface area contributed by atoms with Crippen LogP contribution in [0.3, 0.4) is 0 Å². The summed E-state index contributed by atoms with van der Waals surface area (Å²) in [6, 6.07) is 20.4. The molecular weight excluding hydrogens is 224 g/mol. The van der Waals surface area contributed by atoms with Crippen molar-refractivity contribution >= 4 is 0 Å². The van der Waals surface area contributed by atoms with Crippen LogP contribution in [0.2, 0.25) is 0 Å². The van der Waals surface area contributed by atoms with E-state index in [0.717, 1.165) is 12.0 Å². The largest absolute Gasteiger partial charge is 0.356 e. The third-order valence-electron chi connectivity index (χ3n) is 2.79. The molecule has 0 radical (unpaired) electrons. The van der Waals surface area contributed by atoms with Crippen LogP contribution in [0, 0.1) is 0 Å². The van der Waals surface area contributed by atoms with Gasteiger partial charge in [0.15, 0.2) is 6.29 Å². The average Bonchev–Trinajstić information content (AvgIpc) is 2.45. The van der Waals surface area contributed by atoms with Crippen molar-refractivity contribution in [3.8, 4) is 0 Å². The fourth-order valence-electron chi connectivity index (χ4n) is 1.78. The lowest BCUT2D eigenvalue weighted by Gasteiger charge is -2.16. The molecule has 0 saturated carbocycles. The predicted molar refractivity (Wildman–Crippen MR) is 72.2 cm³/mol. The molecule has 0 aromatic heterocycles. The maximum atomic E-state index is 5.76. The van der Waals surface area contributed by atoms with Crippen molar-refractivity contribution in [3.63, 3.8) is 0 Å². The van der Waals surface area contributed by atoms with E-state index >= 15 is 0 Å². The number of methoxy groups -OCH3 is 1. The molecule has 0 aliphatic rings. The summed E-state index contributed by atoms with van der Waals surface area (Å²) < 4.78 is 11.1. The lowest BCUT2D eigenvalue weighted by molar-refractivity contribution is -0.130. The van der Waals surface area contributed by atoms with Crippen LogP contribution in [-0.2, 0) is 22.5 Å². The van der Waals surface area contributed by atoms with Crippen LogP contribution < -0.4 is 0 Å². The van der Waals surface area contributed by atoms with E-state index in [1.165, 1.54) is 5.56 Å². The molecule has 0 saturated heterocycles. The quantitative estimate of drug-likeness (QED) is 0.723. The molecule has 0 N–H and O–H groups in total. The van der Waals surface area contributed by atoms with Crippen molar-refractivity contribution in [2.75, 3.05) is 7.11 Å². The van der Waals surface area contributed by atoms with Gasteiger partial charge < -0.3 is 9.47 Å². The number of benzene rings is 2. The van der Waals surface area contributed by atoms with E-state index in [4.69, 9.17) is 9.47 Å². The van der Waals surface area contributed by atoms with E-state index in [1.807, 2.05) is 36.4 Å². The molecular formula is C16H18O2. The number of hydrogen-bond donors (Lipinski definition) is 0. The highest BCUT2D eigenvalue weighted by Gasteiger charge is 2.08. The van der Waals surface area contributed by atoms with Gasteiger partial charge in [-0.05, 0) is 11.1 Å². The fraction of sp³-hybridized carbons (Fsp3) is 0.250. The summed E-state index contributed by atoms with van der Waals surface area (Å²) >= 11 is 0. The second-order valence-corrected chi connectivity index (χ2v) is 4.15. The Balaban J connectivity index is 1.86. The van der Waals surface area contributed by atoms with E-state index < -0.39 is 0 Å². The monoisotopic (exact) mass is 242 g/mol. The average molecular weight is 242 g/mol. The Morgan fingerprint density at radius 1 is 0.833 bits per heavy atom. The van der Waals surface area contributed by atoms with Crippen molar-refractivity contribution in [3.05, 3.63) is 71.8 Å². The summed E-state index contributed by atoms with van der Waals surface area (Å²) in [5.41, 5.74) is 2.38. The van der Waals surface area contributed by atoms with Crippen LogP contribution in [0.1, 0.15) is 11.1 Å². The molecule has 0 aliphatic carbocycles. The first-order valence-corrected chi connectivity index (χ1v) is 6.11. The van der Waals surface area contributed by atoms with Gasteiger partial charge >= 0.3 is 0 Å². The maximum Gasteiger partial charge on any atom is 0.161 e. The number of rotatable bonds is 6. The minimum absolute atomic E-state index is 0.201. The molecule has 94 valence electrons. The number of ether oxygens (including phenoxy) is 2. The van der Waals surface area contributed by atoms with Crippen molar-refractivity contribution in [2.45, 2.75) is 19.3 Å². The smallest absolute Gasteiger partial charge is 0.161 e. The van der Waals surface area contributed by atoms with Crippen molar-refractivity contribution < 1.29 is 9.47 Å². The molecule has 0 heterocycles. The molecule has 2 nitrogen and oxygen atoms in total. The molecule has 0 amide bonds. The van der Waals surface area contributed by atoms with Crippen LogP contribution in [0.25, 0.3) is 0 Å². The van der Waals surface area contributed by atoms with E-state index in [9.17, 15) is 0 Å². The van der Waals surface area contributed by atoms with Gasteiger partial charge in [0.25, 0.3) is 0 Å². The summed E-state index contributed by atoms with van der Waals surface area (Å²) in [6.07, 6.45) is 0.567. The minimum atomic E-state index is -0.201. The van der Waals surface area contributed by atoms with Gasteiger partial charge in [0.1, 0.15) is 0 Å². The third kappa shape index (κ3) is 3.99. The molecule has 2 aromatic carbocycles. The van der Waals surface area contributed by atoms with Crippen LogP contribution in [0.4, 0.5) is 0 Å². The third-order valence-corrected chi connectivity index (χ3v) is 2.79. The Labute approximate surface area is 108 Å². The molecule has 1 unspecified atom stereocenters. The van der Waals surface area contributed by atoms with Crippen LogP contribution in [0.15, 0.2) is 60.7 Å². The maximum absolute atomic E-state index is 5.76. The molecule has 1 atom stereocenters. The first kappa shape index (κ1) is 12.8. The molecule has 2 rings (SSSR count). The summed E-state index contributed by atoms with van der Waals surface area (Å²) in [6.45, 7) is 0.576. The van der Waals surface area contributed by atoms with Crippen molar-refractivity contribution in [2.24, 2.45) is 0 Å². The van der Waals surface area contributed by atoms with Gasteiger partial charge in [-0.25, -0.2) is 0 Å².